The lowest BCUT2D eigenvalue weighted by atomic mass is 9.82. The molecule has 154 valence electrons. The molecule has 0 spiro atoms. The Morgan fingerprint density at radius 3 is 2.50 bits per heavy atom. The predicted molar refractivity (Wildman–Crippen MR) is 115 cm³/mol. The molecule has 0 aliphatic rings. The molecule has 3 aromatic heterocycles. The molecule has 30 heavy (non-hydrogen) atoms. The standard InChI is InChI=1S/C22H22ClN5O2/c1-12-6-8-17(14(3)25-12)22(29,19-11-24-27-28(19)4)15-7-9-18-16(10-15)20(23)13(2)21(26-18)30-5/h6-11,29H,1-5H3/t22-/m1/s1. The summed E-state index contributed by atoms with van der Waals surface area (Å²) in [5, 5.41) is 21.4. The summed E-state index contributed by atoms with van der Waals surface area (Å²) in [6.45, 7) is 5.65. The molecule has 8 heteroatoms. The monoisotopic (exact) mass is 423 g/mol. The number of aliphatic hydroxyl groups is 1. The molecule has 0 amide bonds. The number of hydrogen-bond acceptors (Lipinski definition) is 6. The van der Waals surface area contributed by atoms with Crippen LogP contribution in [-0.2, 0) is 12.6 Å². The minimum absolute atomic E-state index is 0.477. The minimum atomic E-state index is -1.53. The second kappa shape index (κ2) is 7.34. The third-order valence-electron chi connectivity index (χ3n) is 5.42. The molecule has 4 rings (SSSR count). The Morgan fingerprint density at radius 2 is 1.87 bits per heavy atom. The first-order valence-electron chi connectivity index (χ1n) is 9.44. The van der Waals surface area contributed by atoms with Gasteiger partial charge in [-0.05, 0) is 44.5 Å². The van der Waals surface area contributed by atoms with Crippen LogP contribution in [-0.4, -0.2) is 37.2 Å². The maximum atomic E-state index is 12.2. The molecule has 0 aliphatic carbocycles. The van der Waals surface area contributed by atoms with Crippen molar-refractivity contribution in [1.82, 2.24) is 25.0 Å². The number of aromatic nitrogens is 5. The molecule has 0 saturated heterocycles. The van der Waals surface area contributed by atoms with E-state index in [1.165, 1.54) is 0 Å². The van der Waals surface area contributed by atoms with E-state index < -0.39 is 5.60 Å². The topological polar surface area (TPSA) is 85.9 Å². The zero-order valence-electron chi connectivity index (χ0n) is 17.4. The number of hydrogen-bond donors (Lipinski definition) is 1. The minimum Gasteiger partial charge on any atom is -0.481 e. The van der Waals surface area contributed by atoms with Crippen LogP contribution in [0.2, 0.25) is 5.02 Å². The summed E-state index contributed by atoms with van der Waals surface area (Å²) in [5.74, 6) is 0.477. The van der Waals surface area contributed by atoms with Crippen molar-refractivity contribution in [1.29, 1.82) is 0 Å². The molecule has 1 atom stereocenters. The summed E-state index contributed by atoms with van der Waals surface area (Å²) in [7, 11) is 3.31. The molecule has 7 nitrogen and oxygen atoms in total. The lowest BCUT2D eigenvalue weighted by Gasteiger charge is -2.30. The number of methoxy groups -OCH3 is 1. The van der Waals surface area contributed by atoms with E-state index in [4.69, 9.17) is 16.3 Å². The van der Waals surface area contributed by atoms with Crippen LogP contribution in [0, 0.1) is 20.8 Å². The summed E-state index contributed by atoms with van der Waals surface area (Å²) < 4.78 is 6.89. The van der Waals surface area contributed by atoms with Gasteiger partial charge >= 0.3 is 0 Å². The zero-order chi connectivity index (χ0) is 21.6. The van der Waals surface area contributed by atoms with Crippen molar-refractivity contribution in [2.45, 2.75) is 26.4 Å². The molecule has 1 aromatic carbocycles. The molecule has 0 bridgehead atoms. The quantitative estimate of drug-likeness (QED) is 0.539. The fraction of sp³-hybridized carbons (Fsp3) is 0.273. The average molecular weight is 424 g/mol. The van der Waals surface area contributed by atoms with Gasteiger partial charge in [0.1, 0.15) is 0 Å². The SMILES string of the molecule is COc1nc2ccc([C@@](O)(c3ccc(C)nc3C)c3cnnn3C)cc2c(Cl)c1C. The van der Waals surface area contributed by atoms with Gasteiger partial charge in [-0.3, -0.25) is 4.98 Å². The molecule has 0 unspecified atom stereocenters. The summed E-state index contributed by atoms with van der Waals surface area (Å²) in [6, 6.07) is 9.26. The first-order chi connectivity index (χ1) is 14.3. The maximum absolute atomic E-state index is 12.2. The molecule has 3 heterocycles. The van der Waals surface area contributed by atoms with Crippen LogP contribution >= 0.6 is 11.6 Å². The Labute approximate surface area is 179 Å². The van der Waals surface area contributed by atoms with Gasteiger partial charge in [-0.2, -0.15) is 0 Å². The maximum Gasteiger partial charge on any atom is 0.218 e. The molecule has 0 radical (unpaired) electrons. The van der Waals surface area contributed by atoms with E-state index in [0.717, 1.165) is 16.6 Å². The van der Waals surface area contributed by atoms with Gasteiger partial charge in [-0.25, -0.2) is 9.67 Å². The van der Waals surface area contributed by atoms with E-state index in [1.807, 2.05) is 51.1 Å². The Morgan fingerprint density at radius 1 is 1.10 bits per heavy atom. The van der Waals surface area contributed by atoms with Crippen LogP contribution in [0.3, 0.4) is 0 Å². The smallest absolute Gasteiger partial charge is 0.218 e. The Kier molecular flexibility index (Phi) is 4.95. The van der Waals surface area contributed by atoms with Crippen LogP contribution in [0.5, 0.6) is 5.88 Å². The molecular formula is C22H22ClN5O2. The highest BCUT2D eigenvalue weighted by Crippen LogP contribution is 2.40. The molecule has 4 aromatic rings. The van der Waals surface area contributed by atoms with E-state index in [9.17, 15) is 5.11 Å². The van der Waals surface area contributed by atoms with Gasteiger partial charge in [-0.15, -0.1) is 5.10 Å². The van der Waals surface area contributed by atoms with E-state index in [2.05, 4.69) is 20.3 Å². The number of rotatable bonds is 4. The first-order valence-corrected chi connectivity index (χ1v) is 9.81. The van der Waals surface area contributed by atoms with E-state index >= 15 is 0 Å². The predicted octanol–water partition coefficient (Wildman–Crippen LogP) is 3.63. The highest BCUT2D eigenvalue weighted by atomic mass is 35.5. The number of ether oxygens (including phenoxy) is 1. The van der Waals surface area contributed by atoms with Gasteiger partial charge in [0, 0.05) is 34.9 Å². The first kappa shape index (κ1) is 20.3. The second-order valence-electron chi connectivity index (χ2n) is 7.33. The van der Waals surface area contributed by atoms with E-state index in [0.29, 0.717) is 38.9 Å². The molecule has 1 N–H and O–H groups in total. The van der Waals surface area contributed by atoms with Crippen molar-refractivity contribution in [3.8, 4) is 5.88 Å². The van der Waals surface area contributed by atoms with Crippen LogP contribution in [0.25, 0.3) is 10.9 Å². The Balaban J connectivity index is 2.04. The lowest BCUT2D eigenvalue weighted by Crippen LogP contribution is -2.32. The summed E-state index contributed by atoms with van der Waals surface area (Å²) in [4.78, 5) is 9.09. The van der Waals surface area contributed by atoms with E-state index in [1.54, 1.807) is 25.0 Å². The van der Waals surface area contributed by atoms with Crippen molar-refractivity contribution < 1.29 is 9.84 Å². The number of pyridine rings is 2. The van der Waals surface area contributed by atoms with Crippen molar-refractivity contribution in [2.75, 3.05) is 7.11 Å². The van der Waals surface area contributed by atoms with Gasteiger partial charge in [-0.1, -0.05) is 28.9 Å². The molecular weight excluding hydrogens is 402 g/mol. The lowest BCUT2D eigenvalue weighted by molar-refractivity contribution is 0.115. The van der Waals surface area contributed by atoms with Crippen LogP contribution in [0.1, 0.15) is 33.8 Å². The van der Waals surface area contributed by atoms with Crippen molar-refractivity contribution in [3.63, 3.8) is 0 Å². The van der Waals surface area contributed by atoms with Crippen molar-refractivity contribution >= 4 is 22.5 Å². The van der Waals surface area contributed by atoms with Crippen molar-refractivity contribution in [2.24, 2.45) is 7.05 Å². The largest absolute Gasteiger partial charge is 0.481 e. The summed E-state index contributed by atoms with van der Waals surface area (Å²) in [6.07, 6.45) is 1.56. The summed E-state index contributed by atoms with van der Waals surface area (Å²) >= 11 is 6.64. The van der Waals surface area contributed by atoms with Crippen molar-refractivity contribution in [3.05, 3.63) is 75.3 Å². The zero-order valence-corrected chi connectivity index (χ0v) is 18.2. The fourth-order valence-electron chi connectivity index (χ4n) is 3.85. The highest BCUT2D eigenvalue weighted by molar-refractivity contribution is 6.36. The normalized spacial score (nSPS) is 13.4. The van der Waals surface area contributed by atoms with Gasteiger partial charge in [0.2, 0.25) is 5.88 Å². The molecule has 0 fully saturated rings. The number of benzene rings is 1. The van der Waals surface area contributed by atoms with Crippen LogP contribution in [0.15, 0.2) is 36.5 Å². The third kappa shape index (κ3) is 3.02. The number of halogens is 1. The van der Waals surface area contributed by atoms with Gasteiger partial charge in [0.25, 0.3) is 0 Å². The number of nitrogens with zero attached hydrogens (tertiary/aromatic N) is 5. The number of fused-ring (bicyclic) bond motifs is 1. The fourth-order valence-corrected chi connectivity index (χ4v) is 4.08. The Hall–Kier alpha value is -3.03. The van der Waals surface area contributed by atoms with Crippen LogP contribution in [0.4, 0.5) is 0 Å². The molecule has 0 aliphatic heterocycles. The Bertz CT molecular complexity index is 1270. The average Bonchev–Trinajstić information content (AvgIpc) is 3.16. The highest BCUT2D eigenvalue weighted by Gasteiger charge is 2.39. The second-order valence-corrected chi connectivity index (χ2v) is 7.71. The van der Waals surface area contributed by atoms with Gasteiger partial charge < -0.3 is 9.84 Å². The van der Waals surface area contributed by atoms with E-state index in [-0.39, 0.29) is 0 Å². The summed E-state index contributed by atoms with van der Waals surface area (Å²) in [5.41, 5.74) is 3.25. The van der Waals surface area contributed by atoms with Gasteiger partial charge in [0.15, 0.2) is 5.60 Å². The van der Waals surface area contributed by atoms with Gasteiger partial charge in [0.05, 0.1) is 29.5 Å². The molecule has 0 saturated carbocycles. The van der Waals surface area contributed by atoms with Crippen LogP contribution < -0.4 is 4.74 Å². The number of aryl methyl sites for hydroxylation is 3. The third-order valence-corrected chi connectivity index (χ3v) is 5.90.